The second-order valence-corrected chi connectivity index (χ2v) is 18.7. The zero-order valence-electron chi connectivity index (χ0n) is 37.2. The van der Waals surface area contributed by atoms with Crippen LogP contribution in [0.3, 0.4) is 0 Å². The second kappa shape index (κ2) is 14.2. The van der Waals surface area contributed by atoms with E-state index in [-0.39, 0.29) is 5.41 Å². The van der Waals surface area contributed by atoms with Gasteiger partial charge < -0.3 is 9.47 Å². The van der Waals surface area contributed by atoms with E-state index in [1.807, 2.05) is 0 Å². The Morgan fingerprint density at radius 1 is 0.373 bits per heavy atom. The van der Waals surface area contributed by atoms with Crippen LogP contribution in [0.15, 0.2) is 224 Å². The highest BCUT2D eigenvalue weighted by molar-refractivity contribution is 6.30. The minimum absolute atomic E-state index is 0.141. The maximum absolute atomic E-state index is 5.46. The number of para-hydroxylation sites is 3. The van der Waals surface area contributed by atoms with Crippen molar-refractivity contribution in [2.45, 2.75) is 19.3 Å². The van der Waals surface area contributed by atoms with E-state index in [2.05, 4.69) is 248 Å². The van der Waals surface area contributed by atoms with Crippen molar-refractivity contribution in [2.75, 3.05) is 4.90 Å². The number of anilines is 3. The first kappa shape index (κ1) is 37.8. The average molecular weight is 854 g/mol. The summed E-state index contributed by atoms with van der Waals surface area (Å²) in [6.07, 6.45) is 0. The zero-order valence-corrected chi connectivity index (χ0v) is 37.2. The molecule has 0 saturated heterocycles. The molecule has 11 aromatic carbocycles. The van der Waals surface area contributed by atoms with Gasteiger partial charge in [0.2, 0.25) is 0 Å². The van der Waals surface area contributed by atoms with Crippen LogP contribution in [0.2, 0.25) is 0 Å². The molecule has 0 unspecified atom stereocenters. The normalized spacial score (nSPS) is 13.0. The third kappa shape index (κ3) is 5.49. The van der Waals surface area contributed by atoms with Gasteiger partial charge in [-0.25, -0.2) is 4.98 Å². The van der Waals surface area contributed by atoms with Crippen LogP contribution >= 0.6 is 0 Å². The second-order valence-electron chi connectivity index (χ2n) is 18.7. The summed E-state index contributed by atoms with van der Waals surface area (Å²) in [5.41, 5.74) is 15.1. The summed E-state index contributed by atoms with van der Waals surface area (Å²) in [4.78, 5) is 7.90. The van der Waals surface area contributed by atoms with Crippen LogP contribution in [0.25, 0.3) is 104 Å². The maximum atomic E-state index is 5.46. The number of benzene rings is 11. The van der Waals surface area contributed by atoms with Crippen molar-refractivity contribution >= 4 is 92.9 Å². The van der Waals surface area contributed by atoms with Gasteiger partial charge in [0.1, 0.15) is 0 Å². The van der Waals surface area contributed by atoms with E-state index in [9.17, 15) is 0 Å². The Morgan fingerprint density at radius 2 is 0.925 bits per heavy atom. The van der Waals surface area contributed by atoms with Crippen molar-refractivity contribution in [3.8, 4) is 28.1 Å². The van der Waals surface area contributed by atoms with Crippen molar-refractivity contribution < 1.29 is 0 Å². The molecule has 67 heavy (non-hydrogen) atoms. The molecule has 314 valence electrons. The molecule has 0 amide bonds. The molecule has 3 nitrogen and oxygen atoms in total. The Kier molecular flexibility index (Phi) is 8.03. The van der Waals surface area contributed by atoms with Gasteiger partial charge in [-0.3, -0.25) is 0 Å². The summed E-state index contributed by atoms with van der Waals surface area (Å²) in [6, 6.07) is 82.5. The monoisotopic (exact) mass is 853 g/mol. The largest absolute Gasteiger partial charge is 0.310 e. The lowest BCUT2D eigenvalue weighted by Crippen LogP contribution is -2.16. The molecule has 0 atom stereocenters. The molecule has 0 fully saturated rings. The highest BCUT2D eigenvalue weighted by Gasteiger charge is 2.36. The Hall–Kier alpha value is -8.53. The molecule has 2 heterocycles. The summed E-state index contributed by atoms with van der Waals surface area (Å²) < 4.78 is 2.40. The molecule has 1 aliphatic rings. The van der Waals surface area contributed by atoms with Crippen LogP contribution in [0, 0.1) is 0 Å². The van der Waals surface area contributed by atoms with Crippen LogP contribution in [0.1, 0.15) is 25.0 Å². The van der Waals surface area contributed by atoms with Crippen molar-refractivity contribution in [1.82, 2.24) is 9.55 Å². The fourth-order valence-electron chi connectivity index (χ4n) is 11.7. The Balaban J connectivity index is 0.981. The van der Waals surface area contributed by atoms with Crippen molar-refractivity contribution in [2.24, 2.45) is 0 Å². The standard InChI is InChI=1S/C64H43N3/c1-64(2)56-25-13-10-22-50(56)51-35-33-44(39-57(51)64)66(43-32-34-49-47-20-7-6-18-45(47)46-19-8-9-21-48(46)55(49)38-43)42-30-28-40(29-31-42)63-54-36-37-60-62(61(54)52-23-11-14-26-58(52)65-63)53-24-12-15-27-59(53)67(60)41-16-4-3-5-17-41/h3-39H,1-2H3. The molecule has 0 aliphatic heterocycles. The van der Waals surface area contributed by atoms with Crippen molar-refractivity contribution in [1.29, 1.82) is 0 Å². The van der Waals surface area contributed by atoms with Crippen LogP contribution in [0.4, 0.5) is 17.1 Å². The van der Waals surface area contributed by atoms with Gasteiger partial charge in [-0.1, -0.05) is 172 Å². The molecule has 3 heteroatoms. The molecule has 0 radical (unpaired) electrons. The van der Waals surface area contributed by atoms with Crippen molar-refractivity contribution in [3.63, 3.8) is 0 Å². The van der Waals surface area contributed by atoms with Crippen LogP contribution in [-0.4, -0.2) is 9.55 Å². The molecular formula is C64H43N3. The number of pyridine rings is 1. The zero-order chi connectivity index (χ0) is 44.4. The summed E-state index contributed by atoms with van der Waals surface area (Å²) in [5, 5.41) is 13.6. The molecule has 0 bridgehead atoms. The van der Waals surface area contributed by atoms with E-state index < -0.39 is 0 Å². The van der Waals surface area contributed by atoms with E-state index in [1.54, 1.807) is 0 Å². The Labute approximate surface area is 388 Å². The summed E-state index contributed by atoms with van der Waals surface area (Å²) in [7, 11) is 0. The smallest absolute Gasteiger partial charge is 0.0788 e. The third-order valence-corrected chi connectivity index (χ3v) is 14.7. The molecule has 14 rings (SSSR count). The fourth-order valence-corrected chi connectivity index (χ4v) is 11.7. The molecular weight excluding hydrogens is 811 g/mol. The lowest BCUT2D eigenvalue weighted by Gasteiger charge is -2.28. The van der Waals surface area contributed by atoms with Gasteiger partial charge >= 0.3 is 0 Å². The van der Waals surface area contributed by atoms with Gasteiger partial charge in [0.05, 0.1) is 22.2 Å². The predicted molar refractivity (Wildman–Crippen MR) is 284 cm³/mol. The fraction of sp³-hybridized carbons (Fsp3) is 0.0469. The SMILES string of the molecule is CC1(C)c2ccccc2-c2ccc(N(c3ccc(-c4nc5ccccc5c5c4ccc4c5c5ccccc5n4-c4ccccc4)cc3)c3ccc4c5ccccc5c5ccccc5c4c3)cc21. The summed E-state index contributed by atoms with van der Waals surface area (Å²) >= 11 is 0. The quantitative estimate of drug-likeness (QED) is 0.161. The highest BCUT2D eigenvalue weighted by atomic mass is 15.1. The number of hydrogen-bond acceptors (Lipinski definition) is 2. The van der Waals surface area contributed by atoms with E-state index in [4.69, 9.17) is 4.98 Å². The molecule has 0 saturated carbocycles. The predicted octanol–water partition coefficient (Wildman–Crippen LogP) is 17.4. The van der Waals surface area contributed by atoms with Gasteiger partial charge in [-0.05, 0) is 121 Å². The molecule has 0 spiro atoms. The first-order chi connectivity index (χ1) is 33.0. The summed E-state index contributed by atoms with van der Waals surface area (Å²) in [6.45, 7) is 4.73. The number of fused-ring (bicyclic) bond motifs is 16. The molecule has 2 aromatic heterocycles. The lowest BCUT2D eigenvalue weighted by atomic mass is 9.82. The van der Waals surface area contributed by atoms with Gasteiger partial charge in [0.15, 0.2) is 0 Å². The van der Waals surface area contributed by atoms with Gasteiger partial charge in [0, 0.05) is 60.7 Å². The molecule has 0 N–H and O–H groups in total. The maximum Gasteiger partial charge on any atom is 0.0788 e. The summed E-state index contributed by atoms with van der Waals surface area (Å²) in [5.74, 6) is 0. The van der Waals surface area contributed by atoms with E-state index in [1.165, 1.54) is 81.8 Å². The minimum Gasteiger partial charge on any atom is -0.310 e. The van der Waals surface area contributed by atoms with Crippen LogP contribution in [0.5, 0.6) is 0 Å². The van der Waals surface area contributed by atoms with Gasteiger partial charge in [-0.15, -0.1) is 0 Å². The van der Waals surface area contributed by atoms with Crippen LogP contribution < -0.4 is 4.90 Å². The average Bonchev–Trinajstić information content (AvgIpc) is 3.85. The molecule has 13 aromatic rings. The van der Waals surface area contributed by atoms with Crippen LogP contribution in [-0.2, 0) is 5.41 Å². The first-order valence-electron chi connectivity index (χ1n) is 23.3. The third-order valence-electron chi connectivity index (χ3n) is 14.7. The number of rotatable bonds is 5. The topological polar surface area (TPSA) is 21.1 Å². The van der Waals surface area contributed by atoms with Gasteiger partial charge in [0.25, 0.3) is 0 Å². The minimum atomic E-state index is -0.141. The van der Waals surface area contributed by atoms with E-state index in [0.717, 1.165) is 50.3 Å². The number of nitrogens with zero attached hydrogens (tertiary/aromatic N) is 3. The molecule has 1 aliphatic carbocycles. The first-order valence-corrected chi connectivity index (χ1v) is 23.3. The van der Waals surface area contributed by atoms with E-state index in [0.29, 0.717) is 0 Å². The number of hydrogen-bond donors (Lipinski definition) is 0. The van der Waals surface area contributed by atoms with E-state index >= 15 is 0 Å². The Morgan fingerprint density at radius 3 is 1.69 bits per heavy atom. The van der Waals surface area contributed by atoms with Gasteiger partial charge in [-0.2, -0.15) is 0 Å². The Bertz CT molecular complexity index is 4140. The van der Waals surface area contributed by atoms with Crippen molar-refractivity contribution in [3.05, 3.63) is 236 Å². The lowest BCUT2D eigenvalue weighted by molar-refractivity contribution is 0.660. The number of aromatic nitrogens is 2. The highest BCUT2D eigenvalue weighted by Crippen LogP contribution is 2.51.